The van der Waals surface area contributed by atoms with E-state index in [2.05, 4.69) is 10.3 Å². The van der Waals surface area contributed by atoms with Gasteiger partial charge < -0.3 is 5.32 Å². The van der Waals surface area contributed by atoms with Crippen molar-refractivity contribution in [2.24, 2.45) is 0 Å². The fraction of sp³-hybridized carbons (Fsp3) is 0.214. The molecule has 1 aromatic heterocycles. The van der Waals surface area contributed by atoms with Gasteiger partial charge >= 0.3 is 0 Å². The molecule has 0 aliphatic carbocycles. The van der Waals surface area contributed by atoms with E-state index >= 15 is 0 Å². The number of aromatic nitrogens is 1. The Bertz CT molecular complexity index is 670. The lowest BCUT2D eigenvalue weighted by Gasteiger charge is -2.16. The number of rotatable bonds is 5. The molecule has 0 saturated heterocycles. The summed E-state index contributed by atoms with van der Waals surface area (Å²) < 4.78 is 25.7. The molecule has 0 fully saturated rings. The maximum Gasteiger partial charge on any atom is 0.244 e. The highest BCUT2D eigenvalue weighted by atomic mass is 32.2. The smallest absolute Gasteiger partial charge is 0.244 e. The molecule has 0 aliphatic heterocycles. The van der Waals surface area contributed by atoms with Crippen LogP contribution in [-0.4, -0.2) is 31.8 Å². The minimum absolute atomic E-state index is 0.265. The minimum Gasteiger partial charge on any atom is -0.378 e. The third kappa shape index (κ3) is 3.15. The van der Waals surface area contributed by atoms with Crippen molar-refractivity contribution in [3.8, 4) is 0 Å². The average molecular weight is 291 g/mol. The van der Waals surface area contributed by atoms with Crippen molar-refractivity contribution >= 4 is 15.7 Å². The molecule has 0 saturated carbocycles. The standard InChI is InChI=1S/C14H17N3O2S/c1-17(2)20(18,19)14-9-4-3-8-13(14)16-11-12-7-5-6-10-15-12/h3-10,16H,11H2,1-2H3. The van der Waals surface area contributed by atoms with Crippen molar-refractivity contribution in [1.82, 2.24) is 9.29 Å². The molecule has 0 atom stereocenters. The van der Waals surface area contributed by atoms with Crippen LogP contribution in [0.1, 0.15) is 5.69 Å². The SMILES string of the molecule is CN(C)S(=O)(=O)c1ccccc1NCc1ccccn1. The molecule has 2 aromatic rings. The number of nitrogens with one attached hydrogen (secondary N) is 1. The first-order valence-electron chi connectivity index (χ1n) is 6.17. The molecule has 0 bridgehead atoms. The number of hydrogen-bond acceptors (Lipinski definition) is 4. The fourth-order valence-electron chi connectivity index (χ4n) is 1.72. The van der Waals surface area contributed by atoms with E-state index in [0.29, 0.717) is 12.2 Å². The Balaban J connectivity index is 2.25. The lowest BCUT2D eigenvalue weighted by atomic mass is 10.3. The summed E-state index contributed by atoms with van der Waals surface area (Å²) in [6.45, 7) is 0.473. The molecular formula is C14H17N3O2S. The van der Waals surface area contributed by atoms with Gasteiger partial charge in [0.2, 0.25) is 10.0 Å². The van der Waals surface area contributed by atoms with Crippen molar-refractivity contribution in [2.45, 2.75) is 11.4 Å². The number of sulfonamides is 1. The second-order valence-corrected chi connectivity index (χ2v) is 6.58. The van der Waals surface area contributed by atoms with Crippen molar-refractivity contribution in [1.29, 1.82) is 0 Å². The van der Waals surface area contributed by atoms with Crippen molar-refractivity contribution in [3.05, 3.63) is 54.4 Å². The molecule has 5 nitrogen and oxygen atoms in total. The number of pyridine rings is 1. The monoisotopic (exact) mass is 291 g/mol. The van der Waals surface area contributed by atoms with Crippen LogP contribution in [0.15, 0.2) is 53.6 Å². The van der Waals surface area contributed by atoms with Crippen LogP contribution < -0.4 is 5.32 Å². The molecular weight excluding hydrogens is 274 g/mol. The lowest BCUT2D eigenvalue weighted by Crippen LogP contribution is -2.23. The summed E-state index contributed by atoms with van der Waals surface area (Å²) in [5.74, 6) is 0. The number of anilines is 1. The summed E-state index contributed by atoms with van der Waals surface area (Å²) in [5.41, 5.74) is 1.43. The summed E-state index contributed by atoms with van der Waals surface area (Å²) >= 11 is 0. The van der Waals surface area contributed by atoms with Gasteiger partial charge in [-0.05, 0) is 24.3 Å². The van der Waals surface area contributed by atoms with Gasteiger partial charge in [-0.1, -0.05) is 18.2 Å². The second kappa shape index (κ2) is 6.02. The highest BCUT2D eigenvalue weighted by Crippen LogP contribution is 2.23. The Morgan fingerprint density at radius 3 is 2.45 bits per heavy atom. The number of para-hydroxylation sites is 1. The van der Waals surface area contributed by atoms with E-state index in [1.165, 1.54) is 18.4 Å². The Morgan fingerprint density at radius 1 is 1.10 bits per heavy atom. The van der Waals surface area contributed by atoms with Crippen molar-refractivity contribution < 1.29 is 8.42 Å². The van der Waals surface area contributed by atoms with Crippen LogP contribution in [0.3, 0.4) is 0 Å². The third-order valence-corrected chi connectivity index (χ3v) is 4.71. The molecule has 20 heavy (non-hydrogen) atoms. The predicted octanol–water partition coefficient (Wildman–Crippen LogP) is 1.94. The number of benzene rings is 1. The summed E-state index contributed by atoms with van der Waals surface area (Å²) in [6, 6.07) is 12.5. The van der Waals surface area contributed by atoms with E-state index in [9.17, 15) is 8.42 Å². The molecule has 1 aromatic carbocycles. The molecule has 1 heterocycles. The zero-order valence-corrected chi connectivity index (χ0v) is 12.3. The van der Waals surface area contributed by atoms with Crippen molar-refractivity contribution in [3.63, 3.8) is 0 Å². The predicted molar refractivity (Wildman–Crippen MR) is 78.9 cm³/mol. The average Bonchev–Trinajstić information content (AvgIpc) is 2.46. The van der Waals surface area contributed by atoms with Crippen LogP contribution in [0, 0.1) is 0 Å². The first-order valence-corrected chi connectivity index (χ1v) is 7.61. The summed E-state index contributed by atoms with van der Waals surface area (Å²) in [5, 5.41) is 3.12. The van der Waals surface area contributed by atoms with Gasteiger partial charge in [0.05, 0.1) is 17.9 Å². The molecule has 0 amide bonds. The quantitative estimate of drug-likeness (QED) is 0.914. The van der Waals surface area contributed by atoms with Crippen molar-refractivity contribution in [2.75, 3.05) is 19.4 Å². The van der Waals surface area contributed by atoms with Gasteiger partial charge in [-0.2, -0.15) is 0 Å². The zero-order valence-electron chi connectivity index (χ0n) is 11.4. The van der Waals surface area contributed by atoms with Gasteiger partial charge in [0.1, 0.15) is 4.90 Å². The van der Waals surface area contributed by atoms with E-state index < -0.39 is 10.0 Å². The first-order chi connectivity index (χ1) is 9.51. The lowest BCUT2D eigenvalue weighted by molar-refractivity contribution is 0.521. The molecule has 0 radical (unpaired) electrons. The third-order valence-electron chi connectivity index (χ3n) is 2.83. The number of hydrogen-bond donors (Lipinski definition) is 1. The fourth-order valence-corrected chi connectivity index (χ4v) is 2.78. The van der Waals surface area contributed by atoms with E-state index in [1.807, 2.05) is 18.2 Å². The summed E-state index contributed by atoms with van der Waals surface area (Å²) in [7, 11) is -0.424. The van der Waals surface area contributed by atoms with E-state index in [4.69, 9.17) is 0 Å². The molecule has 0 spiro atoms. The normalized spacial score (nSPS) is 11.6. The van der Waals surface area contributed by atoms with E-state index in [1.54, 1.807) is 30.5 Å². The Morgan fingerprint density at radius 2 is 1.80 bits per heavy atom. The van der Waals surface area contributed by atoms with Crippen LogP contribution in [0.5, 0.6) is 0 Å². The van der Waals surface area contributed by atoms with Gasteiger partial charge in [-0.15, -0.1) is 0 Å². The van der Waals surface area contributed by atoms with Crippen LogP contribution in [0.25, 0.3) is 0 Å². The molecule has 6 heteroatoms. The molecule has 0 unspecified atom stereocenters. The zero-order chi connectivity index (χ0) is 14.6. The maximum absolute atomic E-state index is 12.2. The first kappa shape index (κ1) is 14.5. The summed E-state index contributed by atoms with van der Waals surface area (Å²) in [6.07, 6.45) is 1.71. The van der Waals surface area contributed by atoms with Crippen LogP contribution in [0.4, 0.5) is 5.69 Å². The van der Waals surface area contributed by atoms with E-state index in [-0.39, 0.29) is 4.90 Å². The maximum atomic E-state index is 12.2. The Labute approximate surface area is 119 Å². The Hall–Kier alpha value is -1.92. The van der Waals surface area contributed by atoms with Gasteiger partial charge in [-0.25, -0.2) is 12.7 Å². The second-order valence-electron chi connectivity index (χ2n) is 4.46. The van der Waals surface area contributed by atoms with Crippen LogP contribution in [0.2, 0.25) is 0 Å². The largest absolute Gasteiger partial charge is 0.378 e. The van der Waals surface area contributed by atoms with Gasteiger partial charge in [0, 0.05) is 20.3 Å². The van der Waals surface area contributed by atoms with Gasteiger partial charge in [0.15, 0.2) is 0 Å². The van der Waals surface area contributed by atoms with Crippen LogP contribution >= 0.6 is 0 Å². The molecule has 2 rings (SSSR count). The van der Waals surface area contributed by atoms with Crippen LogP contribution in [-0.2, 0) is 16.6 Å². The topological polar surface area (TPSA) is 62.3 Å². The molecule has 1 N–H and O–H groups in total. The highest BCUT2D eigenvalue weighted by Gasteiger charge is 2.20. The molecule has 0 aliphatic rings. The molecule has 106 valence electrons. The number of nitrogens with zero attached hydrogens (tertiary/aromatic N) is 2. The van der Waals surface area contributed by atoms with Gasteiger partial charge in [-0.3, -0.25) is 4.98 Å². The van der Waals surface area contributed by atoms with E-state index in [0.717, 1.165) is 5.69 Å². The summed E-state index contributed by atoms with van der Waals surface area (Å²) in [4.78, 5) is 4.46. The highest BCUT2D eigenvalue weighted by molar-refractivity contribution is 7.89. The van der Waals surface area contributed by atoms with Gasteiger partial charge in [0.25, 0.3) is 0 Å². The Kier molecular flexibility index (Phi) is 4.36. The minimum atomic E-state index is -3.46.